The average Bonchev–Trinajstić information content (AvgIpc) is 2.97. The summed E-state index contributed by atoms with van der Waals surface area (Å²) in [6.45, 7) is 0. The third kappa shape index (κ3) is 4.06. The molecule has 0 unspecified atom stereocenters. The minimum atomic E-state index is -1.01. The Kier molecular flexibility index (Phi) is 5.37. The molecule has 3 rings (SSSR count). The van der Waals surface area contributed by atoms with Crippen LogP contribution in [-0.4, -0.2) is 28.7 Å². The second-order valence-corrected chi connectivity index (χ2v) is 6.63. The molecule has 1 amide bonds. The number of hydrogen-bond donors (Lipinski definition) is 2. The zero-order chi connectivity index (χ0) is 19.6. The van der Waals surface area contributed by atoms with E-state index in [1.807, 2.05) is 18.2 Å². The lowest BCUT2D eigenvalue weighted by Gasteiger charge is -2.18. The van der Waals surface area contributed by atoms with E-state index in [1.165, 1.54) is 0 Å². The van der Waals surface area contributed by atoms with Gasteiger partial charge in [0.05, 0.1) is 25.1 Å². The lowest BCUT2D eigenvalue weighted by molar-refractivity contribution is -0.137. The van der Waals surface area contributed by atoms with Gasteiger partial charge in [0.25, 0.3) is 5.91 Å². The fourth-order valence-corrected chi connectivity index (χ4v) is 3.24. The molecule has 1 atom stereocenters. The third-order valence-electron chi connectivity index (χ3n) is 4.42. The Labute approximate surface area is 161 Å². The Bertz CT molecular complexity index is 1010. The highest BCUT2D eigenvalue weighted by Gasteiger charge is 2.21. The van der Waals surface area contributed by atoms with Crippen molar-refractivity contribution in [2.24, 2.45) is 7.05 Å². The average molecular weight is 387 g/mol. The minimum Gasteiger partial charge on any atom is -0.497 e. The SMILES string of the molecule is COc1ccc2cc(C(=O)N[C@@H](CC(=O)O)c3cccc(Cl)c3)n(C)c2c1. The molecule has 7 heteroatoms. The summed E-state index contributed by atoms with van der Waals surface area (Å²) in [6.07, 6.45) is -0.246. The lowest BCUT2D eigenvalue weighted by Crippen LogP contribution is -2.31. The Balaban J connectivity index is 1.92. The number of ether oxygens (including phenoxy) is 1. The van der Waals surface area contributed by atoms with E-state index in [9.17, 15) is 14.7 Å². The molecule has 0 saturated heterocycles. The van der Waals surface area contributed by atoms with Crippen LogP contribution in [0.3, 0.4) is 0 Å². The van der Waals surface area contributed by atoms with Gasteiger partial charge in [0, 0.05) is 23.5 Å². The first-order valence-electron chi connectivity index (χ1n) is 8.30. The van der Waals surface area contributed by atoms with Crippen LogP contribution in [0.1, 0.15) is 28.5 Å². The van der Waals surface area contributed by atoms with Crippen LogP contribution in [0.15, 0.2) is 48.5 Å². The summed E-state index contributed by atoms with van der Waals surface area (Å²) in [5.74, 6) is -0.681. The molecule has 0 bridgehead atoms. The molecule has 2 N–H and O–H groups in total. The highest BCUT2D eigenvalue weighted by Crippen LogP contribution is 2.25. The first kappa shape index (κ1) is 18.8. The molecule has 6 nitrogen and oxygen atoms in total. The van der Waals surface area contributed by atoms with Gasteiger partial charge >= 0.3 is 5.97 Å². The van der Waals surface area contributed by atoms with E-state index < -0.39 is 12.0 Å². The van der Waals surface area contributed by atoms with Gasteiger partial charge in [0.15, 0.2) is 0 Å². The standard InChI is InChI=1S/C20H19ClN2O4/c1-23-17-10-15(27-2)7-6-13(17)9-18(23)20(26)22-16(11-19(24)25)12-4-3-5-14(21)8-12/h3-10,16H,11H2,1-2H3,(H,22,26)(H,24,25)/t16-/m0/s1. The zero-order valence-corrected chi connectivity index (χ0v) is 15.7. The number of aliphatic carboxylic acids is 1. The van der Waals surface area contributed by atoms with Crippen molar-refractivity contribution in [2.75, 3.05) is 7.11 Å². The molecule has 140 valence electrons. The van der Waals surface area contributed by atoms with Crippen molar-refractivity contribution in [3.8, 4) is 5.75 Å². The van der Waals surface area contributed by atoms with Crippen molar-refractivity contribution in [2.45, 2.75) is 12.5 Å². The maximum atomic E-state index is 12.9. The second kappa shape index (κ2) is 7.72. The van der Waals surface area contributed by atoms with Crippen LogP contribution in [0.2, 0.25) is 5.02 Å². The first-order valence-corrected chi connectivity index (χ1v) is 8.68. The van der Waals surface area contributed by atoms with E-state index in [4.69, 9.17) is 16.3 Å². The molecular formula is C20H19ClN2O4. The minimum absolute atomic E-state index is 0.246. The molecule has 0 aliphatic carbocycles. The van der Waals surface area contributed by atoms with E-state index in [0.717, 1.165) is 10.9 Å². The van der Waals surface area contributed by atoms with E-state index in [2.05, 4.69) is 5.32 Å². The molecular weight excluding hydrogens is 368 g/mol. The summed E-state index contributed by atoms with van der Waals surface area (Å²) >= 11 is 6.01. The number of hydrogen-bond acceptors (Lipinski definition) is 3. The number of carbonyl (C=O) groups is 2. The van der Waals surface area contributed by atoms with Gasteiger partial charge in [0.1, 0.15) is 11.4 Å². The molecule has 2 aromatic carbocycles. The van der Waals surface area contributed by atoms with Crippen LogP contribution in [0.25, 0.3) is 10.9 Å². The Hall–Kier alpha value is -2.99. The normalized spacial score (nSPS) is 12.0. The number of aryl methyl sites for hydroxylation is 1. The highest BCUT2D eigenvalue weighted by atomic mass is 35.5. The van der Waals surface area contributed by atoms with Crippen LogP contribution >= 0.6 is 11.6 Å². The number of carboxylic acid groups (broad SMARTS) is 1. The molecule has 3 aromatic rings. The maximum Gasteiger partial charge on any atom is 0.305 e. The van der Waals surface area contributed by atoms with Crippen LogP contribution in [0.4, 0.5) is 0 Å². The van der Waals surface area contributed by atoms with Crippen LogP contribution in [-0.2, 0) is 11.8 Å². The Morgan fingerprint density at radius 1 is 1.22 bits per heavy atom. The van der Waals surface area contributed by atoms with Crippen molar-refractivity contribution >= 4 is 34.4 Å². The van der Waals surface area contributed by atoms with Gasteiger partial charge in [-0.15, -0.1) is 0 Å². The molecule has 1 heterocycles. The molecule has 0 aliphatic heterocycles. The van der Waals surface area contributed by atoms with Crippen LogP contribution < -0.4 is 10.1 Å². The number of fused-ring (bicyclic) bond motifs is 1. The number of aromatic nitrogens is 1. The summed E-state index contributed by atoms with van der Waals surface area (Å²) < 4.78 is 6.99. The van der Waals surface area contributed by atoms with Gasteiger partial charge in [-0.05, 0) is 35.9 Å². The van der Waals surface area contributed by atoms with Gasteiger partial charge in [-0.1, -0.05) is 23.7 Å². The lowest BCUT2D eigenvalue weighted by atomic mass is 10.0. The monoisotopic (exact) mass is 386 g/mol. The van der Waals surface area contributed by atoms with Crippen LogP contribution in [0, 0.1) is 0 Å². The number of methoxy groups -OCH3 is 1. The number of amides is 1. The zero-order valence-electron chi connectivity index (χ0n) is 14.9. The van der Waals surface area contributed by atoms with Gasteiger partial charge in [-0.2, -0.15) is 0 Å². The number of benzene rings is 2. The highest BCUT2D eigenvalue weighted by molar-refractivity contribution is 6.30. The molecule has 0 radical (unpaired) electrons. The number of rotatable bonds is 6. The molecule has 0 saturated carbocycles. The largest absolute Gasteiger partial charge is 0.497 e. The number of carboxylic acids is 1. The number of nitrogens with one attached hydrogen (secondary N) is 1. The predicted octanol–water partition coefficient (Wildman–Crippen LogP) is 3.79. The van der Waals surface area contributed by atoms with Crippen LogP contribution in [0.5, 0.6) is 5.75 Å². The Morgan fingerprint density at radius 3 is 2.67 bits per heavy atom. The van der Waals surface area contributed by atoms with E-state index >= 15 is 0 Å². The topological polar surface area (TPSA) is 80.6 Å². The predicted molar refractivity (Wildman–Crippen MR) is 103 cm³/mol. The molecule has 0 spiro atoms. The number of carbonyl (C=O) groups excluding carboxylic acids is 1. The summed E-state index contributed by atoms with van der Waals surface area (Å²) in [7, 11) is 3.36. The summed E-state index contributed by atoms with van der Waals surface area (Å²) in [4.78, 5) is 24.1. The number of halogens is 1. The quantitative estimate of drug-likeness (QED) is 0.675. The van der Waals surface area contributed by atoms with Crippen molar-refractivity contribution in [1.29, 1.82) is 0 Å². The molecule has 1 aromatic heterocycles. The van der Waals surface area contributed by atoms with E-state index in [1.54, 1.807) is 49.1 Å². The van der Waals surface area contributed by atoms with Crippen molar-refractivity contribution in [3.05, 3.63) is 64.8 Å². The molecule has 0 fully saturated rings. The summed E-state index contributed by atoms with van der Waals surface area (Å²) in [5.41, 5.74) is 1.91. The van der Waals surface area contributed by atoms with Gasteiger partial charge in [0.2, 0.25) is 0 Å². The molecule has 27 heavy (non-hydrogen) atoms. The Morgan fingerprint density at radius 2 is 2.00 bits per heavy atom. The van der Waals surface area contributed by atoms with Crippen molar-refractivity contribution < 1.29 is 19.4 Å². The smallest absolute Gasteiger partial charge is 0.305 e. The summed E-state index contributed by atoms with van der Waals surface area (Å²) in [5, 5.41) is 13.4. The fourth-order valence-electron chi connectivity index (χ4n) is 3.04. The van der Waals surface area contributed by atoms with Crippen molar-refractivity contribution in [1.82, 2.24) is 9.88 Å². The second-order valence-electron chi connectivity index (χ2n) is 6.19. The van der Waals surface area contributed by atoms with Gasteiger partial charge in [-0.25, -0.2) is 0 Å². The fraction of sp³-hybridized carbons (Fsp3) is 0.200. The maximum absolute atomic E-state index is 12.9. The van der Waals surface area contributed by atoms with E-state index in [0.29, 0.717) is 22.0 Å². The first-order chi connectivity index (χ1) is 12.9. The van der Waals surface area contributed by atoms with Gasteiger partial charge < -0.3 is 19.7 Å². The third-order valence-corrected chi connectivity index (χ3v) is 4.66. The summed E-state index contributed by atoms with van der Waals surface area (Å²) in [6, 6.07) is 13.4. The number of nitrogens with zero attached hydrogens (tertiary/aromatic N) is 1. The van der Waals surface area contributed by atoms with Crippen molar-refractivity contribution in [3.63, 3.8) is 0 Å². The molecule has 0 aliphatic rings. The van der Waals surface area contributed by atoms with E-state index in [-0.39, 0.29) is 12.3 Å². The van der Waals surface area contributed by atoms with Gasteiger partial charge in [-0.3, -0.25) is 9.59 Å².